The van der Waals surface area contributed by atoms with Crippen molar-refractivity contribution in [3.8, 4) is 0 Å². The second-order valence-corrected chi connectivity index (χ2v) is 3.90. The lowest BCUT2D eigenvalue weighted by atomic mass is 10.1. The highest BCUT2D eigenvalue weighted by Gasteiger charge is 2.23. The Morgan fingerprint density at radius 1 is 1.44 bits per heavy atom. The largest absolute Gasteiger partial charge is 0.392 e. The molecule has 0 aromatic heterocycles. The summed E-state index contributed by atoms with van der Waals surface area (Å²) in [6, 6.07) is 7.17. The maximum atomic E-state index is 11.7. The van der Waals surface area contributed by atoms with Gasteiger partial charge in [-0.2, -0.15) is 0 Å². The fraction of sp³-hybridized carbons (Fsp3) is 0.417. The minimum atomic E-state index is -0.0301. The third-order valence-electron chi connectivity index (χ3n) is 2.70. The Morgan fingerprint density at radius 2 is 2.19 bits per heavy atom. The van der Waals surface area contributed by atoms with Gasteiger partial charge in [0.15, 0.2) is 0 Å². The average Bonchev–Trinajstić information content (AvgIpc) is 2.83. The van der Waals surface area contributed by atoms with Crippen LogP contribution in [0.1, 0.15) is 12.0 Å². The molecule has 16 heavy (non-hydrogen) atoms. The molecule has 4 heteroatoms. The number of aliphatic hydroxyl groups is 1. The van der Waals surface area contributed by atoms with Crippen LogP contribution in [0, 0.1) is 5.92 Å². The quantitative estimate of drug-likeness (QED) is 0.805. The first-order valence-corrected chi connectivity index (χ1v) is 5.38. The van der Waals surface area contributed by atoms with Crippen LogP contribution in [0.4, 0.5) is 5.69 Å². The first kappa shape index (κ1) is 11.1. The molecule has 2 rings (SSSR count). The number of carbonyl (C=O) groups is 1. The summed E-state index contributed by atoms with van der Waals surface area (Å²) in [7, 11) is 0. The Kier molecular flexibility index (Phi) is 3.54. The maximum absolute atomic E-state index is 11.7. The molecule has 1 unspecified atom stereocenters. The Bertz CT molecular complexity index is 355. The van der Waals surface area contributed by atoms with Crippen LogP contribution in [0.25, 0.3) is 0 Å². The molecule has 0 bridgehead atoms. The van der Waals surface area contributed by atoms with E-state index < -0.39 is 0 Å². The molecule has 1 atom stereocenters. The van der Waals surface area contributed by atoms with Crippen LogP contribution in [-0.4, -0.2) is 24.2 Å². The minimum Gasteiger partial charge on any atom is -0.392 e. The lowest BCUT2D eigenvalue weighted by Gasteiger charge is -2.09. The van der Waals surface area contributed by atoms with E-state index in [4.69, 9.17) is 9.84 Å². The van der Waals surface area contributed by atoms with Gasteiger partial charge in [0.1, 0.15) is 0 Å². The number of carbonyl (C=O) groups excluding carboxylic acids is 1. The molecular weight excluding hydrogens is 206 g/mol. The number of rotatable bonds is 3. The Morgan fingerprint density at radius 3 is 2.75 bits per heavy atom. The van der Waals surface area contributed by atoms with E-state index in [1.54, 1.807) is 24.3 Å². The van der Waals surface area contributed by atoms with E-state index in [1.807, 2.05) is 0 Å². The number of ether oxygens (including phenoxy) is 1. The van der Waals surface area contributed by atoms with E-state index in [9.17, 15) is 4.79 Å². The number of nitrogens with one attached hydrogen (secondary N) is 1. The predicted octanol–water partition coefficient (Wildman–Crippen LogP) is 1.15. The van der Waals surface area contributed by atoms with Crippen molar-refractivity contribution in [3.63, 3.8) is 0 Å². The van der Waals surface area contributed by atoms with Gasteiger partial charge in [-0.25, -0.2) is 0 Å². The lowest BCUT2D eigenvalue weighted by Crippen LogP contribution is -2.22. The smallest absolute Gasteiger partial charge is 0.229 e. The van der Waals surface area contributed by atoms with Crippen LogP contribution in [0.3, 0.4) is 0 Å². The number of amides is 1. The van der Waals surface area contributed by atoms with E-state index in [0.29, 0.717) is 13.2 Å². The zero-order chi connectivity index (χ0) is 11.4. The number of anilines is 1. The van der Waals surface area contributed by atoms with Crippen LogP contribution in [0.5, 0.6) is 0 Å². The molecule has 2 N–H and O–H groups in total. The Labute approximate surface area is 94.2 Å². The van der Waals surface area contributed by atoms with Crippen LogP contribution in [-0.2, 0) is 16.1 Å². The van der Waals surface area contributed by atoms with Crippen molar-refractivity contribution in [1.82, 2.24) is 0 Å². The highest BCUT2D eigenvalue weighted by molar-refractivity contribution is 5.92. The second kappa shape index (κ2) is 5.09. The van der Waals surface area contributed by atoms with Gasteiger partial charge in [0, 0.05) is 12.3 Å². The summed E-state index contributed by atoms with van der Waals surface area (Å²) in [5.41, 5.74) is 1.59. The number of hydrogen-bond acceptors (Lipinski definition) is 3. The van der Waals surface area contributed by atoms with Gasteiger partial charge in [0.25, 0.3) is 0 Å². The predicted molar refractivity (Wildman–Crippen MR) is 59.9 cm³/mol. The molecule has 1 aromatic carbocycles. The Hall–Kier alpha value is -1.39. The van der Waals surface area contributed by atoms with Crippen LogP contribution in [0.2, 0.25) is 0 Å². The third kappa shape index (κ3) is 2.59. The highest BCUT2D eigenvalue weighted by atomic mass is 16.5. The van der Waals surface area contributed by atoms with Gasteiger partial charge in [0.2, 0.25) is 5.91 Å². The Balaban J connectivity index is 1.94. The average molecular weight is 221 g/mol. The molecule has 86 valence electrons. The molecule has 0 aliphatic carbocycles. The standard InChI is InChI=1S/C12H15NO3/c14-7-9-1-3-11(4-2-9)13-12(15)10-5-6-16-8-10/h1-4,10,14H,5-8H2,(H,13,15). The summed E-state index contributed by atoms with van der Waals surface area (Å²) in [5, 5.41) is 11.7. The zero-order valence-corrected chi connectivity index (χ0v) is 8.98. The molecule has 1 heterocycles. The van der Waals surface area contributed by atoms with Crippen molar-refractivity contribution < 1.29 is 14.6 Å². The minimum absolute atomic E-state index is 0.00856. The SMILES string of the molecule is O=C(Nc1ccc(CO)cc1)C1CCOC1. The van der Waals surface area contributed by atoms with Crippen molar-refractivity contribution >= 4 is 11.6 Å². The van der Waals surface area contributed by atoms with Crippen LogP contribution >= 0.6 is 0 Å². The first-order chi connectivity index (χ1) is 7.79. The van der Waals surface area contributed by atoms with Crippen molar-refractivity contribution in [3.05, 3.63) is 29.8 Å². The van der Waals surface area contributed by atoms with E-state index in [1.165, 1.54) is 0 Å². The molecule has 4 nitrogen and oxygen atoms in total. The normalized spacial score (nSPS) is 19.7. The van der Waals surface area contributed by atoms with Gasteiger partial charge in [-0.15, -0.1) is 0 Å². The molecule has 1 amide bonds. The van der Waals surface area contributed by atoms with E-state index in [0.717, 1.165) is 17.7 Å². The number of hydrogen-bond donors (Lipinski definition) is 2. The van der Waals surface area contributed by atoms with Gasteiger partial charge in [-0.05, 0) is 24.1 Å². The van der Waals surface area contributed by atoms with E-state index in [2.05, 4.69) is 5.32 Å². The van der Waals surface area contributed by atoms with Gasteiger partial charge in [0.05, 0.1) is 19.1 Å². The number of aliphatic hydroxyl groups excluding tert-OH is 1. The molecule has 1 saturated heterocycles. The van der Waals surface area contributed by atoms with E-state index >= 15 is 0 Å². The summed E-state index contributed by atoms with van der Waals surface area (Å²) in [5.74, 6) is -0.0215. The van der Waals surface area contributed by atoms with Gasteiger partial charge < -0.3 is 15.2 Å². The summed E-state index contributed by atoms with van der Waals surface area (Å²) in [6.45, 7) is 1.20. The van der Waals surface area contributed by atoms with Gasteiger partial charge in [-0.3, -0.25) is 4.79 Å². The summed E-state index contributed by atoms with van der Waals surface area (Å²) in [4.78, 5) is 11.7. The second-order valence-electron chi connectivity index (χ2n) is 3.90. The summed E-state index contributed by atoms with van der Waals surface area (Å²) in [6.07, 6.45) is 0.792. The lowest BCUT2D eigenvalue weighted by molar-refractivity contribution is -0.119. The fourth-order valence-electron chi connectivity index (χ4n) is 1.68. The molecule has 1 aliphatic heterocycles. The summed E-state index contributed by atoms with van der Waals surface area (Å²) < 4.78 is 5.16. The monoisotopic (exact) mass is 221 g/mol. The summed E-state index contributed by atoms with van der Waals surface area (Å²) >= 11 is 0. The topological polar surface area (TPSA) is 58.6 Å². The molecule has 0 spiro atoms. The third-order valence-corrected chi connectivity index (χ3v) is 2.70. The van der Waals surface area contributed by atoms with Crippen LogP contribution in [0.15, 0.2) is 24.3 Å². The van der Waals surface area contributed by atoms with Gasteiger partial charge >= 0.3 is 0 Å². The fourth-order valence-corrected chi connectivity index (χ4v) is 1.68. The van der Waals surface area contributed by atoms with Gasteiger partial charge in [-0.1, -0.05) is 12.1 Å². The molecular formula is C12H15NO3. The molecule has 1 fully saturated rings. The van der Waals surface area contributed by atoms with Crippen molar-refractivity contribution in [2.75, 3.05) is 18.5 Å². The maximum Gasteiger partial charge on any atom is 0.229 e. The highest BCUT2D eigenvalue weighted by Crippen LogP contribution is 2.16. The van der Waals surface area contributed by atoms with Crippen LogP contribution < -0.4 is 5.32 Å². The molecule has 0 saturated carbocycles. The molecule has 1 aliphatic rings. The van der Waals surface area contributed by atoms with Crippen molar-refractivity contribution in [1.29, 1.82) is 0 Å². The molecule has 0 radical (unpaired) electrons. The van der Waals surface area contributed by atoms with Crippen molar-refractivity contribution in [2.24, 2.45) is 5.92 Å². The van der Waals surface area contributed by atoms with Crippen molar-refractivity contribution in [2.45, 2.75) is 13.0 Å². The number of benzene rings is 1. The zero-order valence-electron chi connectivity index (χ0n) is 8.98. The first-order valence-electron chi connectivity index (χ1n) is 5.38. The molecule has 1 aromatic rings. The van der Waals surface area contributed by atoms with E-state index in [-0.39, 0.29) is 18.4 Å².